The van der Waals surface area contributed by atoms with Crippen LogP contribution in [0.3, 0.4) is 0 Å². The Morgan fingerprint density at radius 3 is 2.42 bits per heavy atom. The summed E-state index contributed by atoms with van der Waals surface area (Å²) in [5.41, 5.74) is 6.76. The molecule has 0 saturated carbocycles. The lowest BCUT2D eigenvalue weighted by Crippen LogP contribution is -2.14. The molecule has 0 spiro atoms. The molecule has 0 unspecified atom stereocenters. The monoisotopic (exact) mass is 167 g/mol. The summed E-state index contributed by atoms with van der Waals surface area (Å²) < 4.78 is 4.96. The number of carbonyl (C=O) groups excluding carboxylic acids is 1. The molecule has 1 aromatic heterocycles. The molecule has 1 aromatic rings. The summed E-state index contributed by atoms with van der Waals surface area (Å²) in [6, 6.07) is 0. The van der Waals surface area contributed by atoms with Crippen molar-refractivity contribution >= 4 is 12.2 Å². The van der Waals surface area contributed by atoms with E-state index in [1.165, 1.54) is 6.26 Å². The number of anilines is 1. The molecule has 0 atom stereocenters. The van der Waals surface area contributed by atoms with Gasteiger partial charge in [0.25, 0.3) is 0 Å². The van der Waals surface area contributed by atoms with Crippen molar-refractivity contribution in [3.8, 4) is 0 Å². The van der Waals surface area contributed by atoms with Crippen LogP contribution in [-0.2, 0) is 5.41 Å². The van der Waals surface area contributed by atoms with E-state index in [0.717, 1.165) is 11.8 Å². The molecule has 1 heterocycles. The molecule has 1 rings (SSSR count). The summed E-state index contributed by atoms with van der Waals surface area (Å²) in [4.78, 5) is 10.6. The molecule has 0 saturated heterocycles. The first-order valence-corrected chi connectivity index (χ1v) is 3.79. The zero-order valence-corrected chi connectivity index (χ0v) is 7.55. The average molecular weight is 167 g/mol. The van der Waals surface area contributed by atoms with E-state index < -0.39 is 0 Å². The fraction of sp³-hybridized carbons (Fsp3) is 0.444. The van der Waals surface area contributed by atoms with Crippen LogP contribution in [0.4, 0.5) is 5.88 Å². The van der Waals surface area contributed by atoms with Gasteiger partial charge in [-0.3, -0.25) is 4.79 Å². The quantitative estimate of drug-likeness (QED) is 0.650. The molecule has 0 bridgehead atoms. The van der Waals surface area contributed by atoms with Crippen LogP contribution in [0.25, 0.3) is 0 Å². The van der Waals surface area contributed by atoms with Crippen molar-refractivity contribution in [2.75, 3.05) is 5.73 Å². The predicted octanol–water partition coefficient (Wildman–Crippen LogP) is 1.97. The van der Waals surface area contributed by atoms with E-state index in [9.17, 15) is 4.79 Å². The van der Waals surface area contributed by atoms with Gasteiger partial charge in [0.1, 0.15) is 6.26 Å². The van der Waals surface area contributed by atoms with Gasteiger partial charge in [-0.15, -0.1) is 0 Å². The van der Waals surface area contributed by atoms with Gasteiger partial charge in [-0.1, -0.05) is 20.8 Å². The van der Waals surface area contributed by atoms with Crippen LogP contribution in [0, 0.1) is 0 Å². The minimum atomic E-state index is -0.146. The van der Waals surface area contributed by atoms with Gasteiger partial charge in [-0.05, 0) is 5.41 Å². The number of hydrogen-bond acceptors (Lipinski definition) is 3. The first-order valence-electron chi connectivity index (χ1n) is 3.79. The van der Waals surface area contributed by atoms with Crippen molar-refractivity contribution < 1.29 is 9.21 Å². The number of hydrogen-bond donors (Lipinski definition) is 1. The van der Waals surface area contributed by atoms with Crippen LogP contribution >= 0.6 is 0 Å². The summed E-state index contributed by atoms with van der Waals surface area (Å²) >= 11 is 0. The van der Waals surface area contributed by atoms with E-state index in [2.05, 4.69) is 0 Å². The van der Waals surface area contributed by atoms with Crippen molar-refractivity contribution in [3.05, 3.63) is 17.4 Å². The maximum atomic E-state index is 10.6. The Labute approximate surface area is 71.6 Å². The molecule has 0 amide bonds. The fourth-order valence-electron chi connectivity index (χ4n) is 1.28. The predicted molar refractivity (Wildman–Crippen MR) is 47.2 cm³/mol. The highest BCUT2D eigenvalue weighted by Gasteiger charge is 2.23. The Morgan fingerprint density at radius 1 is 1.50 bits per heavy atom. The Kier molecular flexibility index (Phi) is 1.96. The van der Waals surface area contributed by atoms with E-state index in [0.29, 0.717) is 11.4 Å². The molecule has 0 aliphatic rings. The summed E-state index contributed by atoms with van der Waals surface area (Å²) in [5.74, 6) is 0.338. The van der Waals surface area contributed by atoms with E-state index in [1.807, 2.05) is 20.8 Å². The average Bonchev–Trinajstić information content (AvgIpc) is 2.29. The minimum absolute atomic E-state index is 0.146. The second kappa shape index (κ2) is 2.66. The Hall–Kier alpha value is -1.25. The Bertz CT molecular complexity index is 294. The normalized spacial score (nSPS) is 11.6. The molecule has 0 aliphatic carbocycles. The van der Waals surface area contributed by atoms with Crippen molar-refractivity contribution in [2.45, 2.75) is 26.2 Å². The molecular weight excluding hydrogens is 154 g/mol. The molecule has 0 aliphatic heterocycles. The van der Waals surface area contributed by atoms with Crippen LogP contribution in [0.2, 0.25) is 0 Å². The first-order chi connectivity index (χ1) is 5.46. The first kappa shape index (κ1) is 8.84. The molecule has 0 fully saturated rings. The van der Waals surface area contributed by atoms with Crippen LogP contribution < -0.4 is 5.73 Å². The van der Waals surface area contributed by atoms with E-state index in [1.54, 1.807) is 0 Å². The van der Waals surface area contributed by atoms with Gasteiger partial charge in [0, 0.05) is 5.56 Å². The SMILES string of the molecule is CC(C)(C)c1c(C=O)coc1N. The lowest BCUT2D eigenvalue weighted by Gasteiger charge is -2.17. The van der Waals surface area contributed by atoms with Crippen molar-refractivity contribution in [2.24, 2.45) is 0 Å². The van der Waals surface area contributed by atoms with Crippen molar-refractivity contribution in [3.63, 3.8) is 0 Å². The molecule has 0 aromatic carbocycles. The van der Waals surface area contributed by atoms with Crippen molar-refractivity contribution in [1.82, 2.24) is 0 Å². The zero-order valence-electron chi connectivity index (χ0n) is 7.55. The maximum Gasteiger partial charge on any atom is 0.194 e. The van der Waals surface area contributed by atoms with Gasteiger partial charge in [-0.25, -0.2) is 0 Å². The number of carbonyl (C=O) groups is 1. The Morgan fingerprint density at radius 2 is 2.08 bits per heavy atom. The highest BCUT2D eigenvalue weighted by Crippen LogP contribution is 2.31. The molecule has 0 radical (unpaired) electrons. The Balaban J connectivity index is 3.28. The van der Waals surface area contributed by atoms with Crippen molar-refractivity contribution in [1.29, 1.82) is 0 Å². The second-order valence-corrected chi connectivity index (χ2v) is 3.80. The minimum Gasteiger partial charge on any atom is -0.448 e. The third-order valence-corrected chi connectivity index (χ3v) is 1.72. The van der Waals surface area contributed by atoms with Gasteiger partial charge in [0.05, 0.1) is 5.56 Å². The largest absolute Gasteiger partial charge is 0.448 e. The molecule has 3 nitrogen and oxygen atoms in total. The van der Waals surface area contributed by atoms with Gasteiger partial charge in [-0.2, -0.15) is 0 Å². The molecule has 3 heteroatoms. The van der Waals surface area contributed by atoms with Gasteiger partial charge in [0.15, 0.2) is 12.2 Å². The lowest BCUT2D eigenvalue weighted by molar-refractivity contribution is 0.112. The van der Waals surface area contributed by atoms with Gasteiger partial charge < -0.3 is 10.2 Å². The van der Waals surface area contributed by atoms with Crippen LogP contribution in [-0.4, -0.2) is 6.29 Å². The highest BCUT2D eigenvalue weighted by atomic mass is 16.3. The molecular formula is C9H13NO2. The number of nitrogens with two attached hydrogens (primary N) is 1. The maximum absolute atomic E-state index is 10.6. The zero-order chi connectivity index (χ0) is 9.35. The van der Waals surface area contributed by atoms with E-state index in [4.69, 9.17) is 10.2 Å². The number of rotatable bonds is 1. The summed E-state index contributed by atoms with van der Waals surface area (Å²) in [7, 11) is 0. The van der Waals surface area contributed by atoms with Crippen LogP contribution in [0.15, 0.2) is 10.7 Å². The third kappa shape index (κ3) is 1.35. The van der Waals surface area contributed by atoms with Gasteiger partial charge in [0.2, 0.25) is 0 Å². The molecule has 12 heavy (non-hydrogen) atoms. The number of nitrogen functional groups attached to an aromatic ring is 1. The fourth-order valence-corrected chi connectivity index (χ4v) is 1.28. The van der Waals surface area contributed by atoms with E-state index >= 15 is 0 Å². The smallest absolute Gasteiger partial charge is 0.194 e. The second-order valence-electron chi connectivity index (χ2n) is 3.80. The van der Waals surface area contributed by atoms with Crippen LogP contribution in [0.5, 0.6) is 0 Å². The lowest BCUT2D eigenvalue weighted by atomic mass is 9.86. The topological polar surface area (TPSA) is 56.2 Å². The summed E-state index contributed by atoms with van der Waals surface area (Å²) in [5, 5.41) is 0. The third-order valence-electron chi connectivity index (χ3n) is 1.72. The van der Waals surface area contributed by atoms with Gasteiger partial charge >= 0.3 is 0 Å². The summed E-state index contributed by atoms with van der Waals surface area (Å²) in [6.45, 7) is 5.96. The highest BCUT2D eigenvalue weighted by molar-refractivity contribution is 5.79. The molecule has 66 valence electrons. The number of aldehydes is 1. The standard InChI is InChI=1S/C9H13NO2/c1-9(2,3)7-6(4-11)5-12-8(7)10/h4-5H,10H2,1-3H3. The number of furan rings is 1. The van der Waals surface area contributed by atoms with E-state index in [-0.39, 0.29) is 5.41 Å². The summed E-state index contributed by atoms with van der Waals surface area (Å²) in [6.07, 6.45) is 2.16. The van der Waals surface area contributed by atoms with Crippen LogP contribution in [0.1, 0.15) is 36.7 Å². The molecule has 2 N–H and O–H groups in total.